The highest BCUT2D eigenvalue weighted by molar-refractivity contribution is 6.14. The average Bonchev–Trinajstić information content (AvgIpc) is 3.05. The molecule has 0 unspecified atom stereocenters. The molecule has 218 valence electrons. The summed E-state index contributed by atoms with van der Waals surface area (Å²) in [4.78, 5) is 24.8. The van der Waals surface area contributed by atoms with E-state index in [2.05, 4.69) is 81.7 Å². The number of nitrogens with one attached hydrogen (secondary N) is 2. The number of hydrogen-bond acceptors (Lipinski definition) is 4. The van der Waals surface area contributed by atoms with Gasteiger partial charge < -0.3 is 0 Å². The van der Waals surface area contributed by atoms with Crippen LogP contribution >= 0.6 is 0 Å². The third kappa shape index (κ3) is 6.65. The molecule has 2 N–H and O–H groups in total. The first kappa shape index (κ1) is 28.7. The number of amides is 2. The van der Waals surface area contributed by atoms with Gasteiger partial charge in [-0.3, -0.25) is 9.59 Å². The fourth-order valence-corrected chi connectivity index (χ4v) is 5.75. The molecule has 0 spiro atoms. The molecule has 0 saturated carbocycles. The molecule has 0 fully saturated rings. The lowest BCUT2D eigenvalue weighted by Gasteiger charge is -2.08. The molecule has 6 rings (SSSR count). The number of carbonyl (C=O) groups excluding carboxylic acids is 2. The van der Waals surface area contributed by atoms with Gasteiger partial charge in [0, 0.05) is 24.0 Å². The lowest BCUT2D eigenvalue weighted by molar-refractivity contribution is -0.122. The van der Waals surface area contributed by atoms with Crippen molar-refractivity contribution in [2.75, 3.05) is 0 Å². The van der Waals surface area contributed by atoms with E-state index in [1.54, 1.807) is 12.4 Å². The number of nitrogens with zero attached hydrogens (tertiary/aromatic N) is 2. The highest BCUT2D eigenvalue weighted by atomic mass is 16.2. The van der Waals surface area contributed by atoms with Gasteiger partial charge in [-0.05, 0) is 68.1 Å². The van der Waals surface area contributed by atoms with Crippen LogP contribution in [0, 0.1) is 0 Å². The maximum absolute atomic E-state index is 12.4. The summed E-state index contributed by atoms with van der Waals surface area (Å²) < 4.78 is 0. The van der Waals surface area contributed by atoms with Crippen molar-refractivity contribution in [3.63, 3.8) is 0 Å². The number of unbranched alkanes of at least 4 members (excludes halogenated alkanes) is 3. The third-order valence-corrected chi connectivity index (χ3v) is 7.95. The van der Waals surface area contributed by atoms with Gasteiger partial charge >= 0.3 is 0 Å². The van der Waals surface area contributed by atoms with Gasteiger partial charge in [0.05, 0.1) is 12.4 Å². The minimum absolute atomic E-state index is 0.112. The van der Waals surface area contributed by atoms with Crippen LogP contribution < -0.4 is 10.9 Å². The molecule has 2 amide bonds. The molecule has 0 bridgehead atoms. The number of benzene rings is 6. The summed E-state index contributed by atoms with van der Waals surface area (Å²) in [5.41, 5.74) is 7.34. The summed E-state index contributed by atoms with van der Waals surface area (Å²) in [6.45, 7) is 0. The Morgan fingerprint density at radius 3 is 1.14 bits per heavy atom. The quantitative estimate of drug-likeness (QED) is 0.0702. The Balaban J connectivity index is 0.937. The third-order valence-electron chi connectivity index (χ3n) is 7.95. The van der Waals surface area contributed by atoms with E-state index in [1.807, 2.05) is 48.5 Å². The van der Waals surface area contributed by atoms with E-state index in [0.29, 0.717) is 12.8 Å². The van der Waals surface area contributed by atoms with Gasteiger partial charge in [0.15, 0.2) is 0 Å². The van der Waals surface area contributed by atoms with Gasteiger partial charge in [0.25, 0.3) is 0 Å². The van der Waals surface area contributed by atoms with Crippen LogP contribution in [0.2, 0.25) is 0 Å². The zero-order valence-electron chi connectivity index (χ0n) is 24.5. The van der Waals surface area contributed by atoms with Crippen molar-refractivity contribution >= 4 is 67.3 Å². The van der Waals surface area contributed by atoms with Crippen molar-refractivity contribution in [3.05, 3.63) is 120 Å². The average molecular weight is 579 g/mol. The number of rotatable bonds is 11. The van der Waals surface area contributed by atoms with Crippen molar-refractivity contribution in [2.45, 2.75) is 38.5 Å². The molecule has 0 atom stereocenters. The fourth-order valence-electron chi connectivity index (χ4n) is 5.75. The molecule has 0 aliphatic heterocycles. The van der Waals surface area contributed by atoms with Gasteiger partial charge in [-0.25, -0.2) is 10.9 Å². The normalized spacial score (nSPS) is 11.7. The highest BCUT2D eigenvalue weighted by Gasteiger charge is 2.08. The topological polar surface area (TPSA) is 82.9 Å². The molecule has 0 aromatic heterocycles. The van der Waals surface area contributed by atoms with Crippen LogP contribution in [-0.2, 0) is 9.59 Å². The van der Waals surface area contributed by atoms with E-state index >= 15 is 0 Å². The van der Waals surface area contributed by atoms with Crippen LogP contribution in [0.1, 0.15) is 49.7 Å². The van der Waals surface area contributed by atoms with Crippen molar-refractivity contribution < 1.29 is 9.59 Å². The summed E-state index contributed by atoms with van der Waals surface area (Å²) in [7, 11) is 0. The molecule has 6 nitrogen and oxygen atoms in total. The van der Waals surface area contributed by atoms with Crippen LogP contribution in [0.5, 0.6) is 0 Å². The van der Waals surface area contributed by atoms with Crippen molar-refractivity contribution in [3.8, 4) is 0 Å². The zero-order chi connectivity index (χ0) is 30.1. The molecule has 0 aliphatic rings. The summed E-state index contributed by atoms with van der Waals surface area (Å²) in [6, 6.07) is 37.1. The lowest BCUT2D eigenvalue weighted by atomic mass is 9.97. The second-order valence-corrected chi connectivity index (χ2v) is 11.0. The van der Waals surface area contributed by atoms with E-state index in [9.17, 15) is 9.59 Å². The van der Waals surface area contributed by atoms with Gasteiger partial charge in [-0.15, -0.1) is 0 Å². The first-order chi connectivity index (χ1) is 21.7. The van der Waals surface area contributed by atoms with Gasteiger partial charge in [0.1, 0.15) is 0 Å². The molecule has 44 heavy (non-hydrogen) atoms. The Labute approximate surface area is 256 Å². The molecule has 6 aromatic rings. The van der Waals surface area contributed by atoms with E-state index in [4.69, 9.17) is 0 Å². The van der Waals surface area contributed by atoms with Gasteiger partial charge in [-0.1, -0.05) is 110 Å². The molecule has 0 aliphatic carbocycles. The van der Waals surface area contributed by atoms with E-state index < -0.39 is 0 Å². The number of fused-ring (bicyclic) bond motifs is 4. The Bertz CT molecular complexity index is 1770. The van der Waals surface area contributed by atoms with Gasteiger partial charge in [0.2, 0.25) is 11.8 Å². The van der Waals surface area contributed by atoms with Crippen LogP contribution in [0.4, 0.5) is 0 Å². The second-order valence-electron chi connectivity index (χ2n) is 11.0. The molecular formula is C38H34N4O2. The molecular weight excluding hydrogens is 544 g/mol. The van der Waals surface area contributed by atoms with Crippen molar-refractivity contribution in [2.24, 2.45) is 10.2 Å². The number of hydrogen-bond donors (Lipinski definition) is 2. The Morgan fingerprint density at radius 1 is 0.477 bits per heavy atom. The van der Waals surface area contributed by atoms with Crippen LogP contribution in [0.25, 0.3) is 43.1 Å². The first-order valence-corrected chi connectivity index (χ1v) is 15.1. The summed E-state index contributed by atoms with van der Waals surface area (Å²) >= 11 is 0. The minimum Gasteiger partial charge on any atom is -0.273 e. The molecule has 0 radical (unpaired) electrons. The second kappa shape index (κ2) is 13.7. The van der Waals surface area contributed by atoms with E-state index in [1.165, 1.54) is 0 Å². The summed E-state index contributed by atoms with van der Waals surface area (Å²) in [5, 5.41) is 17.5. The van der Waals surface area contributed by atoms with E-state index in [0.717, 1.165) is 79.9 Å². The van der Waals surface area contributed by atoms with Crippen LogP contribution in [-0.4, -0.2) is 24.2 Å². The molecule has 6 aromatic carbocycles. The molecule has 0 heterocycles. The Hall–Kier alpha value is -5.36. The van der Waals surface area contributed by atoms with Crippen molar-refractivity contribution in [1.29, 1.82) is 0 Å². The SMILES string of the molecule is O=C(CCCCCCC(=O)N/N=C/c1c2ccccc2cc2ccccc12)N/N=C/c1c2ccccc2cc2ccccc12. The largest absolute Gasteiger partial charge is 0.273 e. The smallest absolute Gasteiger partial charge is 0.240 e. The zero-order valence-corrected chi connectivity index (χ0v) is 24.5. The van der Waals surface area contributed by atoms with E-state index in [-0.39, 0.29) is 11.8 Å². The van der Waals surface area contributed by atoms with Crippen LogP contribution in [0.3, 0.4) is 0 Å². The maximum Gasteiger partial charge on any atom is 0.240 e. The Kier molecular flexibility index (Phi) is 8.98. The number of hydrazone groups is 2. The maximum atomic E-state index is 12.4. The summed E-state index contributed by atoms with van der Waals surface area (Å²) in [5.74, 6) is -0.224. The fraction of sp³-hybridized carbons (Fsp3) is 0.158. The number of carbonyl (C=O) groups is 2. The predicted molar refractivity (Wildman–Crippen MR) is 182 cm³/mol. The minimum atomic E-state index is -0.112. The predicted octanol–water partition coefficient (Wildman–Crippen LogP) is 8.24. The molecule has 0 saturated heterocycles. The standard InChI is InChI=1S/C38H34N4O2/c43-37(41-39-25-35-31-17-9-5-13-27(31)23-28-14-6-10-18-32(28)35)21-3-1-2-4-22-38(44)42-40-26-36-33-19-11-7-15-29(33)24-30-16-8-12-20-34(30)36/h5-20,23-26H,1-4,21-22H2,(H,41,43)(H,42,44)/b39-25+,40-26+. The lowest BCUT2D eigenvalue weighted by Crippen LogP contribution is -2.17. The summed E-state index contributed by atoms with van der Waals surface area (Å²) in [6.07, 6.45) is 7.48. The first-order valence-electron chi connectivity index (χ1n) is 15.1. The Morgan fingerprint density at radius 2 is 0.795 bits per heavy atom. The molecule has 6 heteroatoms. The van der Waals surface area contributed by atoms with Gasteiger partial charge in [-0.2, -0.15) is 10.2 Å². The highest BCUT2D eigenvalue weighted by Crippen LogP contribution is 2.28. The monoisotopic (exact) mass is 578 g/mol. The van der Waals surface area contributed by atoms with Crippen molar-refractivity contribution in [1.82, 2.24) is 10.9 Å². The van der Waals surface area contributed by atoms with Crippen LogP contribution in [0.15, 0.2) is 119 Å².